The van der Waals surface area contributed by atoms with Crippen LogP contribution >= 0.6 is 39.0 Å². The summed E-state index contributed by atoms with van der Waals surface area (Å²) < 4.78 is 28.1. The van der Waals surface area contributed by atoms with Crippen LogP contribution in [0.2, 0.25) is 0 Å². The maximum atomic E-state index is 12.4. The monoisotopic (exact) mass is 398 g/mol. The largest absolute Gasteiger partial charge is 0.315 e. The third-order valence-corrected chi connectivity index (χ3v) is 7.97. The average molecular weight is 399 g/mol. The molecule has 2 heterocycles. The second-order valence-corrected chi connectivity index (χ2v) is 10.2. The Morgan fingerprint density at radius 2 is 2.10 bits per heavy atom. The van der Waals surface area contributed by atoms with Crippen molar-refractivity contribution in [2.24, 2.45) is 5.92 Å². The summed E-state index contributed by atoms with van der Waals surface area (Å²) in [5.41, 5.74) is 0. The number of halogens is 1. The molecule has 0 bridgehead atoms. The Kier molecular flexibility index (Phi) is 6.37. The van der Waals surface area contributed by atoms with Gasteiger partial charge in [-0.1, -0.05) is 0 Å². The Labute approximate surface area is 137 Å². The minimum Gasteiger partial charge on any atom is -0.315 e. The molecular formula is C12H19BrN2O2S3. The van der Waals surface area contributed by atoms with Crippen molar-refractivity contribution in [1.29, 1.82) is 0 Å². The summed E-state index contributed by atoms with van der Waals surface area (Å²) >= 11 is 6.77. The Morgan fingerprint density at radius 3 is 2.75 bits per heavy atom. The van der Waals surface area contributed by atoms with Crippen LogP contribution in [0.4, 0.5) is 0 Å². The summed E-state index contributed by atoms with van der Waals surface area (Å²) in [5, 5.41) is 3.03. The van der Waals surface area contributed by atoms with Gasteiger partial charge in [0.2, 0.25) is 10.0 Å². The van der Waals surface area contributed by atoms with E-state index in [0.29, 0.717) is 27.7 Å². The van der Waals surface area contributed by atoms with Gasteiger partial charge in [0, 0.05) is 18.0 Å². The second kappa shape index (κ2) is 7.60. The van der Waals surface area contributed by atoms with Gasteiger partial charge in [0.05, 0.1) is 3.79 Å². The SMILES string of the molecule is CNCc1cc(S(=O)(=O)NCC2CCSCC2)c(Br)s1. The summed E-state index contributed by atoms with van der Waals surface area (Å²) in [7, 11) is -1.56. The molecule has 0 aliphatic carbocycles. The quantitative estimate of drug-likeness (QED) is 0.772. The van der Waals surface area contributed by atoms with Crippen LogP contribution < -0.4 is 10.0 Å². The summed E-state index contributed by atoms with van der Waals surface area (Å²) in [6.07, 6.45) is 2.20. The summed E-state index contributed by atoms with van der Waals surface area (Å²) in [4.78, 5) is 1.37. The number of rotatable bonds is 6. The number of hydrogen-bond acceptors (Lipinski definition) is 5. The molecule has 20 heavy (non-hydrogen) atoms. The maximum Gasteiger partial charge on any atom is 0.242 e. The molecule has 0 atom stereocenters. The van der Waals surface area contributed by atoms with Crippen LogP contribution in [0.25, 0.3) is 0 Å². The molecule has 0 unspecified atom stereocenters. The highest BCUT2D eigenvalue weighted by Crippen LogP contribution is 2.32. The van der Waals surface area contributed by atoms with Crippen LogP contribution in [0, 0.1) is 5.92 Å². The predicted octanol–water partition coefficient (Wildman–Crippen LogP) is 2.65. The van der Waals surface area contributed by atoms with E-state index < -0.39 is 10.0 Å². The fourth-order valence-corrected chi connectivity index (χ4v) is 7.11. The molecule has 0 aromatic carbocycles. The van der Waals surface area contributed by atoms with Crippen LogP contribution in [0.3, 0.4) is 0 Å². The van der Waals surface area contributed by atoms with E-state index in [-0.39, 0.29) is 0 Å². The lowest BCUT2D eigenvalue weighted by atomic mass is 10.0. The molecule has 0 spiro atoms. The second-order valence-electron chi connectivity index (χ2n) is 4.79. The molecule has 0 radical (unpaired) electrons. The zero-order valence-electron chi connectivity index (χ0n) is 11.3. The number of sulfonamides is 1. The lowest BCUT2D eigenvalue weighted by Crippen LogP contribution is -2.31. The highest BCUT2D eigenvalue weighted by molar-refractivity contribution is 9.11. The zero-order chi connectivity index (χ0) is 14.6. The first kappa shape index (κ1) is 16.8. The molecule has 0 saturated carbocycles. The molecule has 1 saturated heterocycles. The zero-order valence-corrected chi connectivity index (χ0v) is 15.4. The Morgan fingerprint density at radius 1 is 1.40 bits per heavy atom. The van der Waals surface area contributed by atoms with Crippen LogP contribution in [-0.4, -0.2) is 33.5 Å². The van der Waals surface area contributed by atoms with Crippen molar-refractivity contribution in [3.8, 4) is 0 Å². The molecule has 8 heteroatoms. The molecule has 1 aliphatic heterocycles. The standard InChI is InChI=1S/C12H19BrN2O2S3/c1-14-8-10-6-11(12(13)19-10)20(16,17)15-7-9-2-4-18-5-3-9/h6,9,14-15H,2-5,7-8H2,1H3. The van der Waals surface area contributed by atoms with Crippen molar-refractivity contribution < 1.29 is 8.42 Å². The van der Waals surface area contributed by atoms with Crippen LogP contribution in [0.15, 0.2) is 14.7 Å². The maximum absolute atomic E-state index is 12.4. The van der Waals surface area contributed by atoms with Crippen molar-refractivity contribution in [3.63, 3.8) is 0 Å². The summed E-state index contributed by atoms with van der Waals surface area (Å²) in [5.74, 6) is 2.75. The molecule has 0 amide bonds. The van der Waals surface area contributed by atoms with Gasteiger partial charge in [0.15, 0.2) is 0 Å². The van der Waals surface area contributed by atoms with Gasteiger partial charge >= 0.3 is 0 Å². The molecule has 1 aromatic heterocycles. The molecule has 114 valence electrons. The van der Waals surface area contributed by atoms with Gasteiger partial charge < -0.3 is 5.32 Å². The Bertz CT molecular complexity index is 539. The molecule has 2 rings (SSSR count). The topological polar surface area (TPSA) is 58.2 Å². The van der Waals surface area contributed by atoms with E-state index in [1.165, 1.54) is 11.3 Å². The molecule has 2 N–H and O–H groups in total. The van der Waals surface area contributed by atoms with Crippen LogP contribution in [0.1, 0.15) is 17.7 Å². The fourth-order valence-electron chi connectivity index (χ4n) is 2.10. The first-order valence-electron chi connectivity index (χ1n) is 6.53. The highest BCUT2D eigenvalue weighted by atomic mass is 79.9. The minimum atomic E-state index is -3.41. The number of thioether (sulfide) groups is 1. The van der Waals surface area contributed by atoms with Crippen LogP contribution in [0.5, 0.6) is 0 Å². The Hall–Kier alpha value is 0.400. The van der Waals surface area contributed by atoms with Gasteiger partial charge in [-0.3, -0.25) is 0 Å². The number of nitrogens with one attached hydrogen (secondary N) is 2. The van der Waals surface area contributed by atoms with E-state index in [4.69, 9.17) is 0 Å². The van der Waals surface area contributed by atoms with E-state index in [9.17, 15) is 8.42 Å². The first-order valence-corrected chi connectivity index (χ1v) is 10.8. The predicted molar refractivity (Wildman–Crippen MR) is 90.0 cm³/mol. The minimum absolute atomic E-state index is 0.359. The van der Waals surface area contributed by atoms with E-state index in [1.807, 2.05) is 18.8 Å². The summed E-state index contributed by atoms with van der Waals surface area (Å²) in [6.45, 7) is 1.23. The third kappa shape index (κ3) is 4.45. The average Bonchev–Trinajstić information content (AvgIpc) is 2.80. The smallest absolute Gasteiger partial charge is 0.242 e. The van der Waals surface area contributed by atoms with Gasteiger partial charge in [-0.15, -0.1) is 11.3 Å². The van der Waals surface area contributed by atoms with E-state index >= 15 is 0 Å². The van der Waals surface area contributed by atoms with Crippen molar-refractivity contribution in [3.05, 3.63) is 14.7 Å². The molecular weight excluding hydrogens is 380 g/mol. The van der Waals surface area contributed by atoms with E-state index in [2.05, 4.69) is 26.0 Å². The van der Waals surface area contributed by atoms with Gasteiger partial charge in [-0.05, 0) is 59.3 Å². The van der Waals surface area contributed by atoms with Gasteiger partial charge in [0.25, 0.3) is 0 Å². The lowest BCUT2D eigenvalue weighted by molar-refractivity contribution is 0.476. The van der Waals surface area contributed by atoms with E-state index in [0.717, 1.165) is 29.2 Å². The van der Waals surface area contributed by atoms with Crippen molar-refractivity contribution in [1.82, 2.24) is 10.0 Å². The van der Waals surface area contributed by atoms with E-state index in [1.54, 1.807) is 6.07 Å². The third-order valence-electron chi connectivity index (χ3n) is 3.25. The highest BCUT2D eigenvalue weighted by Gasteiger charge is 2.22. The van der Waals surface area contributed by atoms with Crippen molar-refractivity contribution >= 4 is 49.1 Å². The van der Waals surface area contributed by atoms with Gasteiger partial charge in [0.1, 0.15) is 4.90 Å². The molecule has 1 fully saturated rings. The number of thiophene rings is 1. The normalized spacial score (nSPS) is 17.5. The van der Waals surface area contributed by atoms with Crippen molar-refractivity contribution in [2.45, 2.75) is 24.3 Å². The number of hydrogen-bond donors (Lipinski definition) is 2. The molecule has 1 aromatic rings. The van der Waals surface area contributed by atoms with Crippen molar-refractivity contribution in [2.75, 3.05) is 25.1 Å². The molecule has 1 aliphatic rings. The Balaban J connectivity index is 2.01. The van der Waals surface area contributed by atoms with Crippen LogP contribution in [-0.2, 0) is 16.6 Å². The van der Waals surface area contributed by atoms with Gasteiger partial charge in [-0.25, -0.2) is 13.1 Å². The lowest BCUT2D eigenvalue weighted by Gasteiger charge is -2.21. The fraction of sp³-hybridized carbons (Fsp3) is 0.667. The molecule has 4 nitrogen and oxygen atoms in total. The first-order chi connectivity index (χ1) is 9.53. The van der Waals surface area contributed by atoms with Gasteiger partial charge in [-0.2, -0.15) is 11.8 Å². The summed E-state index contributed by atoms with van der Waals surface area (Å²) in [6, 6.07) is 1.74.